The number of carboxylic acid groups (broad SMARTS) is 1. The van der Waals surface area contributed by atoms with E-state index < -0.39 is 41.6 Å². The zero-order valence-corrected chi connectivity index (χ0v) is 23.2. The molecule has 3 aromatic carbocycles. The predicted octanol–water partition coefficient (Wildman–Crippen LogP) is 5.11. The van der Waals surface area contributed by atoms with Gasteiger partial charge in [0.1, 0.15) is 18.7 Å². The maximum absolute atomic E-state index is 13.4. The van der Waals surface area contributed by atoms with Crippen LogP contribution in [0.5, 0.6) is 0 Å². The van der Waals surface area contributed by atoms with Crippen LogP contribution in [-0.2, 0) is 25.7 Å². The van der Waals surface area contributed by atoms with Crippen LogP contribution >= 0.6 is 0 Å². The smallest absolute Gasteiger partial charge is 0.407 e. The minimum atomic E-state index is -1.19. The molecule has 3 N–H and O–H groups in total. The Bertz CT molecular complexity index is 1310. The lowest BCUT2D eigenvalue weighted by molar-refractivity contribution is -0.146. The molecular weight excluding hydrogens is 508 g/mol. The number of rotatable bonds is 10. The van der Waals surface area contributed by atoms with Gasteiger partial charge in [0.05, 0.1) is 12.7 Å². The molecule has 2 amide bonds. The molecule has 3 atom stereocenters. The molecule has 0 saturated carbocycles. The minimum absolute atomic E-state index is 0.0766. The average Bonchev–Trinajstić information content (AvgIpc) is 3.25. The summed E-state index contributed by atoms with van der Waals surface area (Å²) < 4.78 is 11.6. The third-order valence-corrected chi connectivity index (χ3v) is 7.12. The van der Waals surface area contributed by atoms with E-state index in [9.17, 15) is 19.5 Å². The number of aliphatic carboxylic acids is 1. The Hall–Kier alpha value is -4.17. The van der Waals surface area contributed by atoms with Gasteiger partial charge in [0.2, 0.25) is 5.91 Å². The number of hydrogen-bond acceptors (Lipinski definition) is 5. The van der Waals surface area contributed by atoms with Crippen molar-refractivity contribution in [3.8, 4) is 11.1 Å². The number of carbonyl (C=O) groups excluding carboxylic acids is 2. The first-order valence-corrected chi connectivity index (χ1v) is 13.4. The van der Waals surface area contributed by atoms with Gasteiger partial charge >= 0.3 is 12.1 Å². The molecule has 3 aromatic rings. The fourth-order valence-corrected chi connectivity index (χ4v) is 4.94. The highest BCUT2D eigenvalue weighted by Crippen LogP contribution is 2.44. The second-order valence-electron chi connectivity index (χ2n) is 11.1. The summed E-state index contributed by atoms with van der Waals surface area (Å²) >= 11 is 0. The van der Waals surface area contributed by atoms with E-state index in [1.54, 1.807) is 27.7 Å². The molecule has 0 radical (unpaired) electrons. The Morgan fingerprint density at radius 3 is 1.95 bits per heavy atom. The number of alkyl carbamates (subject to hydrolysis) is 1. The van der Waals surface area contributed by atoms with Gasteiger partial charge in [-0.15, -0.1) is 0 Å². The van der Waals surface area contributed by atoms with Gasteiger partial charge in [-0.1, -0.05) is 99.6 Å². The van der Waals surface area contributed by atoms with Crippen LogP contribution in [0, 0.1) is 5.41 Å². The van der Waals surface area contributed by atoms with Gasteiger partial charge < -0.3 is 25.2 Å². The molecule has 0 unspecified atom stereocenters. The fraction of sp³-hybridized carbons (Fsp3) is 0.344. The van der Waals surface area contributed by atoms with E-state index in [4.69, 9.17) is 9.47 Å². The number of fused-ring (bicyclic) bond motifs is 3. The van der Waals surface area contributed by atoms with Crippen LogP contribution in [0.25, 0.3) is 11.1 Å². The molecule has 8 heteroatoms. The average molecular weight is 545 g/mol. The monoisotopic (exact) mass is 544 g/mol. The highest BCUT2D eigenvalue weighted by atomic mass is 16.5. The predicted molar refractivity (Wildman–Crippen MR) is 152 cm³/mol. The Morgan fingerprint density at radius 1 is 0.850 bits per heavy atom. The third kappa shape index (κ3) is 6.69. The molecule has 0 aliphatic heterocycles. The fourth-order valence-electron chi connectivity index (χ4n) is 4.94. The molecular formula is C32H36N2O6. The number of carbonyl (C=O) groups is 3. The Labute approximate surface area is 234 Å². The summed E-state index contributed by atoms with van der Waals surface area (Å²) in [5.41, 5.74) is 4.49. The highest BCUT2D eigenvalue weighted by Gasteiger charge is 2.37. The normalized spacial score (nSPS) is 14.8. The van der Waals surface area contributed by atoms with Crippen molar-refractivity contribution in [1.29, 1.82) is 0 Å². The van der Waals surface area contributed by atoms with Crippen LogP contribution in [0.15, 0.2) is 78.9 Å². The molecule has 0 fully saturated rings. The molecule has 8 nitrogen and oxygen atoms in total. The molecule has 1 aliphatic rings. The van der Waals surface area contributed by atoms with Gasteiger partial charge in [-0.3, -0.25) is 4.79 Å². The van der Waals surface area contributed by atoms with E-state index in [1.807, 2.05) is 66.7 Å². The Kier molecular flexibility index (Phi) is 8.90. The van der Waals surface area contributed by atoms with Crippen LogP contribution in [-0.4, -0.2) is 47.9 Å². The number of amides is 2. The number of benzene rings is 3. The maximum Gasteiger partial charge on any atom is 0.407 e. The highest BCUT2D eigenvalue weighted by molar-refractivity contribution is 5.90. The van der Waals surface area contributed by atoms with Gasteiger partial charge in [-0.25, -0.2) is 9.59 Å². The van der Waals surface area contributed by atoms with Crippen LogP contribution in [0.4, 0.5) is 4.79 Å². The van der Waals surface area contributed by atoms with E-state index in [2.05, 4.69) is 22.8 Å². The standard InChI is InChI=1S/C32H36N2O6/c1-20(39-18-21-12-6-5-7-13-21)27(29(35)34-28(30(36)37)32(2,3)4)33-31(38)40-19-26-24-16-10-8-14-22(24)23-15-9-11-17-25(23)26/h5-17,20,26-28H,18-19H2,1-4H3,(H,33,38)(H,34,35)(H,36,37)/t20-,27+,28-/m0/s1. The van der Waals surface area contributed by atoms with Crippen molar-refractivity contribution in [3.63, 3.8) is 0 Å². The quantitative estimate of drug-likeness (QED) is 0.327. The van der Waals surface area contributed by atoms with Crippen LogP contribution < -0.4 is 10.6 Å². The first-order valence-electron chi connectivity index (χ1n) is 13.4. The van der Waals surface area contributed by atoms with E-state index >= 15 is 0 Å². The van der Waals surface area contributed by atoms with Crippen LogP contribution in [0.3, 0.4) is 0 Å². The topological polar surface area (TPSA) is 114 Å². The molecule has 0 spiro atoms. The molecule has 0 bridgehead atoms. The summed E-state index contributed by atoms with van der Waals surface area (Å²) in [5.74, 6) is -1.98. The summed E-state index contributed by atoms with van der Waals surface area (Å²) in [6.45, 7) is 7.09. The van der Waals surface area contributed by atoms with Crippen LogP contribution in [0.2, 0.25) is 0 Å². The lowest BCUT2D eigenvalue weighted by Gasteiger charge is -2.31. The van der Waals surface area contributed by atoms with Crippen molar-refractivity contribution in [2.24, 2.45) is 5.41 Å². The number of hydrogen-bond donors (Lipinski definition) is 3. The van der Waals surface area contributed by atoms with Gasteiger partial charge in [0.15, 0.2) is 0 Å². The number of ether oxygens (including phenoxy) is 2. The van der Waals surface area contributed by atoms with Gasteiger partial charge in [0.25, 0.3) is 0 Å². The van der Waals surface area contributed by atoms with Gasteiger partial charge in [0, 0.05) is 5.92 Å². The first kappa shape index (κ1) is 28.8. The molecule has 1 aliphatic carbocycles. The first-order chi connectivity index (χ1) is 19.1. The second kappa shape index (κ2) is 12.3. The summed E-state index contributed by atoms with van der Waals surface area (Å²) in [6.07, 6.45) is -1.57. The van der Waals surface area contributed by atoms with Crippen LogP contribution in [0.1, 0.15) is 50.3 Å². The van der Waals surface area contributed by atoms with Crippen molar-refractivity contribution in [3.05, 3.63) is 95.6 Å². The van der Waals surface area contributed by atoms with Crippen molar-refractivity contribution in [2.75, 3.05) is 6.61 Å². The minimum Gasteiger partial charge on any atom is -0.480 e. The van der Waals surface area contributed by atoms with Crippen molar-refractivity contribution in [2.45, 2.75) is 58.4 Å². The molecule has 40 heavy (non-hydrogen) atoms. The van der Waals surface area contributed by atoms with E-state index in [0.29, 0.717) is 0 Å². The largest absolute Gasteiger partial charge is 0.480 e. The Balaban J connectivity index is 1.48. The SMILES string of the molecule is C[C@H](OCc1ccccc1)[C@@H](NC(=O)OCC1c2ccccc2-c2ccccc21)C(=O)N[C@@H](C(=O)O)C(C)(C)C. The zero-order chi connectivity index (χ0) is 28.9. The van der Waals surface area contributed by atoms with Crippen molar-refractivity contribution in [1.82, 2.24) is 10.6 Å². The number of carboxylic acids is 1. The van der Waals surface area contributed by atoms with E-state index in [1.165, 1.54) is 0 Å². The van der Waals surface area contributed by atoms with Crippen molar-refractivity contribution >= 4 is 18.0 Å². The molecule has 0 saturated heterocycles. The van der Waals surface area contributed by atoms with Crippen molar-refractivity contribution < 1.29 is 29.0 Å². The summed E-state index contributed by atoms with van der Waals surface area (Å²) in [5, 5.41) is 14.9. The van der Waals surface area contributed by atoms with Gasteiger partial charge in [-0.05, 0) is 40.2 Å². The second-order valence-corrected chi connectivity index (χ2v) is 11.1. The summed E-state index contributed by atoms with van der Waals surface area (Å²) in [4.78, 5) is 38.3. The molecule has 0 heterocycles. The lowest BCUT2D eigenvalue weighted by atomic mass is 9.86. The molecule has 210 valence electrons. The van der Waals surface area contributed by atoms with Gasteiger partial charge in [-0.2, -0.15) is 0 Å². The molecule has 4 rings (SSSR count). The number of nitrogens with one attached hydrogen (secondary N) is 2. The van der Waals surface area contributed by atoms with E-state index in [0.717, 1.165) is 27.8 Å². The third-order valence-electron chi connectivity index (χ3n) is 7.12. The Morgan fingerprint density at radius 2 is 1.40 bits per heavy atom. The molecule has 0 aromatic heterocycles. The summed E-state index contributed by atoms with van der Waals surface area (Å²) in [7, 11) is 0. The lowest BCUT2D eigenvalue weighted by Crippen LogP contribution is -2.58. The van der Waals surface area contributed by atoms with E-state index in [-0.39, 0.29) is 19.1 Å². The summed E-state index contributed by atoms with van der Waals surface area (Å²) in [6, 6.07) is 23.1. The zero-order valence-electron chi connectivity index (χ0n) is 23.2. The maximum atomic E-state index is 13.4.